The summed E-state index contributed by atoms with van der Waals surface area (Å²) < 4.78 is 31.5. The number of aromatic nitrogens is 2. The largest absolute Gasteiger partial charge is 0.496 e. The number of nitrogens with one attached hydrogen (secondary N) is 3. The molecule has 0 saturated heterocycles. The number of hydrogen-bond donors (Lipinski definition) is 3. The maximum atomic E-state index is 12.0. The van der Waals surface area contributed by atoms with E-state index in [2.05, 4.69) is 9.71 Å². The van der Waals surface area contributed by atoms with E-state index in [1.54, 1.807) is 6.07 Å². The molecule has 0 bridgehead atoms. The lowest BCUT2D eigenvalue weighted by Gasteiger charge is -2.09. The SMILES string of the molecule is COc1ccccc1CCNS(=O)(=O)c1c[nH]c(=O)[nH]c1=O. The summed E-state index contributed by atoms with van der Waals surface area (Å²) >= 11 is 0. The van der Waals surface area contributed by atoms with Gasteiger partial charge in [-0.2, -0.15) is 0 Å². The fourth-order valence-electron chi connectivity index (χ4n) is 1.90. The Bertz CT molecular complexity index is 869. The normalized spacial score (nSPS) is 11.3. The van der Waals surface area contributed by atoms with Gasteiger partial charge in [-0.25, -0.2) is 17.9 Å². The molecule has 0 radical (unpaired) electrons. The second kappa shape index (κ2) is 6.58. The van der Waals surface area contributed by atoms with Crippen LogP contribution in [0.4, 0.5) is 0 Å². The summed E-state index contributed by atoms with van der Waals surface area (Å²) in [6.07, 6.45) is 1.26. The molecule has 0 atom stereocenters. The van der Waals surface area contributed by atoms with Crippen molar-refractivity contribution >= 4 is 10.0 Å². The van der Waals surface area contributed by atoms with Crippen molar-refractivity contribution in [2.45, 2.75) is 11.3 Å². The number of aromatic amines is 2. The Morgan fingerprint density at radius 3 is 2.64 bits per heavy atom. The van der Waals surface area contributed by atoms with Crippen LogP contribution in [0.25, 0.3) is 0 Å². The molecule has 8 nitrogen and oxygen atoms in total. The predicted molar refractivity (Wildman–Crippen MR) is 79.6 cm³/mol. The molecule has 1 aromatic heterocycles. The zero-order valence-corrected chi connectivity index (χ0v) is 12.6. The first-order valence-electron chi connectivity index (χ1n) is 6.37. The minimum atomic E-state index is -4.00. The van der Waals surface area contributed by atoms with E-state index >= 15 is 0 Å². The molecule has 118 valence electrons. The van der Waals surface area contributed by atoms with Crippen molar-refractivity contribution in [2.75, 3.05) is 13.7 Å². The Labute approximate surface area is 126 Å². The monoisotopic (exact) mass is 325 g/mol. The third-order valence-electron chi connectivity index (χ3n) is 2.95. The summed E-state index contributed by atoms with van der Waals surface area (Å²) in [5.74, 6) is 0.656. The highest BCUT2D eigenvalue weighted by molar-refractivity contribution is 7.89. The van der Waals surface area contributed by atoms with E-state index in [0.717, 1.165) is 11.8 Å². The van der Waals surface area contributed by atoms with Gasteiger partial charge in [0.25, 0.3) is 5.56 Å². The lowest BCUT2D eigenvalue weighted by atomic mass is 10.1. The molecule has 0 aliphatic carbocycles. The van der Waals surface area contributed by atoms with Crippen molar-refractivity contribution in [1.29, 1.82) is 0 Å². The second-order valence-corrected chi connectivity index (χ2v) is 6.13. The molecule has 0 amide bonds. The molecule has 0 aliphatic heterocycles. The average molecular weight is 325 g/mol. The minimum Gasteiger partial charge on any atom is -0.496 e. The smallest absolute Gasteiger partial charge is 0.325 e. The Hall–Kier alpha value is -2.39. The summed E-state index contributed by atoms with van der Waals surface area (Å²) in [7, 11) is -2.47. The van der Waals surface area contributed by atoms with Gasteiger partial charge in [-0.15, -0.1) is 0 Å². The van der Waals surface area contributed by atoms with E-state index in [1.165, 1.54) is 7.11 Å². The standard InChI is InChI=1S/C13H15N3O5S/c1-21-10-5-3-2-4-9(10)6-7-15-22(19,20)11-8-14-13(18)16-12(11)17/h2-5,8,15H,6-7H2,1H3,(H2,14,16,17,18). The first-order valence-corrected chi connectivity index (χ1v) is 7.86. The van der Waals surface area contributed by atoms with Gasteiger partial charge in [-0.1, -0.05) is 18.2 Å². The van der Waals surface area contributed by atoms with Gasteiger partial charge in [0.1, 0.15) is 5.75 Å². The van der Waals surface area contributed by atoms with Gasteiger partial charge < -0.3 is 9.72 Å². The van der Waals surface area contributed by atoms with Crippen molar-refractivity contribution < 1.29 is 13.2 Å². The molecule has 0 saturated carbocycles. The third kappa shape index (κ3) is 3.62. The average Bonchev–Trinajstić information content (AvgIpc) is 2.47. The molecule has 0 unspecified atom stereocenters. The maximum absolute atomic E-state index is 12.0. The molecule has 0 aliphatic rings. The molecule has 1 heterocycles. The summed E-state index contributed by atoms with van der Waals surface area (Å²) in [6.45, 7) is 0.0846. The van der Waals surface area contributed by atoms with Gasteiger partial charge in [0.05, 0.1) is 7.11 Å². The highest BCUT2D eigenvalue weighted by atomic mass is 32.2. The van der Waals surface area contributed by atoms with Gasteiger partial charge in [0.15, 0.2) is 4.90 Å². The number of ether oxygens (including phenoxy) is 1. The first-order chi connectivity index (χ1) is 10.4. The Kier molecular flexibility index (Phi) is 4.78. The first kappa shape index (κ1) is 16.0. The van der Waals surface area contributed by atoms with E-state index in [1.807, 2.05) is 23.2 Å². The van der Waals surface area contributed by atoms with Crippen molar-refractivity contribution in [1.82, 2.24) is 14.7 Å². The zero-order valence-electron chi connectivity index (χ0n) is 11.8. The summed E-state index contributed by atoms with van der Waals surface area (Å²) in [5.41, 5.74) is -0.894. The third-order valence-corrected chi connectivity index (χ3v) is 4.42. The lowest BCUT2D eigenvalue weighted by Crippen LogP contribution is -2.34. The maximum Gasteiger partial charge on any atom is 0.325 e. The van der Waals surface area contributed by atoms with Gasteiger partial charge >= 0.3 is 5.69 Å². The zero-order chi connectivity index (χ0) is 16.2. The fraction of sp³-hybridized carbons (Fsp3) is 0.231. The Morgan fingerprint density at radius 2 is 1.95 bits per heavy atom. The van der Waals surface area contributed by atoms with Crippen LogP contribution < -0.4 is 20.7 Å². The molecule has 1 aromatic carbocycles. The minimum absolute atomic E-state index is 0.0846. The van der Waals surface area contributed by atoms with Crippen LogP contribution in [-0.4, -0.2) is 32.0 Å². The summed E-state index contributed by atoms with van der Waals surface area (Å²) in [5, 5.41) is 0. The van der Waals surface area contributed by atoms with E-state index in [4.69, 9.17) is 4.74 Å². The molecule has 0 spiro atoms. The number of hydrogen-bond acceptors (Lipinski definition) is 5. The van der Waals surface area contributed by atoms with E-state index in [9.17, 15) is 18.0 Å². The number of benzene rings is 1. The lowest BCUT2D eigenvalue weighted by molar-refractivity contribution is 0.409. The van der Waals surface area contributed by atoms with Gasteiger partial charge in [-0.05, 0) is 18.1 Å². The molecule has 22 heavy (non-hydrogen) atoms. The molecular weight excluding hydrogens is 310 g/mol. The number of methoxy groups -OCH3 is 1. The van der Waals surface area contributed by atoms with Crippen molar-refractivity contribution in [2.24, 2.45) is 0 Å². The van der Waals surface area contributed by atoms with Gasteiger partial charge in [0.2, 0.25) is 10.0 Å². The molecule has 0 fully saturated rings. The van der Waals surface area contributed by atoms with E-state index in [-0.39, 0.29) is 6.54 Å². The number of para-hydroxylation sites is 1. The molecule has 2 aromatic rings. The highest BCUT2D eigenvalue weighted by Crippen LogP contribution is 2.17. The van der Waals surface area contributed by atoms with E-state index < -0.39 is 26.2 Å². The summed E-state index contributed by atoms with van der Waals surface area (Å²) in [4.78, 5) is 25.9. The topological polar surface area (TPSA) is 121 Å². The Balaban J connectivity index is 2.10. The van der Waals surface area contributed by atoms with Crippen LogP contribution in [0.15, 0.2) is 44.9 Å². The number of rotatable bonds is 6. The van der Waals surface area contributed by atoms with Crippen molar-refractivity contribution in [3.05, 3.63) is 56.9 Å². The van der Waals surface area contributed by atoms with Gasteiger partial charge in [-0.3, -0.25) is 9.78 Å². The predicted octanol–water partition coefficient (Wildman–Crippen LogP) is -0.407. The van der Waals surface area contributed by atoms with Crippen LogP contribution >= 0.6 is 0 Å². The molecule has 3 N–H and O–H groups in total. The number of H-pyrrole nitrogens is 2. The fourth-order valence-corrected chi connectivity index (χ4v) is 2.94. The van der Waals surface area contributed by atoms with Crippen LogP contribution in [0.2, 0.25) is 0 Å². The molecule has 2 rings (SSSR count). The van der Waals surface area contributed by atoms with Crippen molar-refractivity contribution in [3.63, 3.8) is 0 Å². The van der Waals surface area contributed by atoms with E-state index in [0.29, 0.717) is 12.2 Å². The highest BCUT2D eigenvalue weighted by Gasteiger charge is 2.18. The van der Waals surface area contributed by atoms with Crippen LogP contribution in [0.1, 0.15) is 5.56 Å². The summed E-state index contributed by atoms with van der Waals surface area (Å²) in [6, 6.07) is 7.22. The molecular formula is C13H15N3O5S. The van der Waals surface area contributed by atoms with Crippen LogP contribution in [0, 0.1) is 0 Å². The Morgan fingerprint density at radius 1 is 1.23 bits per heavy atom. The van der Waals surface area contributed by atoms with Gasteiger partial charge in [0, 0.05) is 12.7 Å². The quantitative estimate of drug-likeness (QED) is 0.667. The van der Waals surface area contributed by atoms with Crippen LogP contribution in [0.5, 0.6) is 5.75 Å². The number of sulfonamides is 1. The second-order valence-electron chi connectivity index (χ2n) is 4.40. The molecule has 9 heteroatoms. The van der Waals surface area contributed by atoms with Crippen molar-refractivity contribution in [3.8, 4) is 5.75 Å². The van der Waals surface area contributed by atoms with Crippen LogP contribution in [-0.2, 0) is 16.4 Å². The van der Waals surface area contributed by atoms with Crippen LogP contribution in [0.3, 0.4) is 0 Å².